The number of hydrogen-bond acceptors (Lipinski definition) is 2. The molecule has 0 spiro atoms. The summed E-state index contributed by atoms with van der Waals surface area (Å²) in [6.07, 6.45) is -4.33. The summed E-state index contributed by atoms with van der Waals surface area (Å²) in [7, 11) is 0. The molecule has 19 heavy (non-hydrogen) atoms. The predicted molar refractivity (Wildman–Crippen MR) is 70.9 cm³/mol. The lowest BCUT2D eigenvalue weighted by Crippen LogP contribution is -2.40. The van der Waals surface area contributed by atoms with Crippen LogP contribution < -0.4 is 4.72 Å². The molecule has 0 saturated heterocycles. The van der Waals surface area contributed by atoms with Crippen LogP contribution in [0.2, 0.25) is 0 Å². The van der Waals surface area contributed by atoms with Gasteiger partial charge in [-0.05, 0) is 45.4 Å². The van der Waals surface area contributed by atoms with Gasteiger partial charge in [0, 0.05) is 11.4 Å². The molecule has 1 unspecified atom stereocenters. The van der Waals surface area contributed by atoms with E-state index in [4.69, 9.17) is 0 Å². The highest BCUT2D eigenvalue weighted by Crippen LogP contribution is 2.30. The average molecular weight is 293 g/mol. The fourth-order valence-electron chi connectivity index (χ4n) is 1.37. The Morgan fingerprint density at radius 1 is 1.11 bits per heavy atom. The first-order valence-corrected chi connectivity index (χ1v) is 7.02. The van der Waals surface area contributed by atoms with Crippen molar-refractivity contribution in [1.82, 2.24) is 4.72 Å². The van der Waals surface area contributed by atoms with Crippen molar-refractivity contribution in [2.45, 2.75) is 44.7 Å². The minimum atomic E-state index is -4.33. The Hall–Kier alpha value is -0.720. The van der Waals surface area contributed by atoms with Crippen LogP contribution in [0.5, 0.6) is 0 Å². The second-order valence-corrected chi connectivity index (χ2v) is 7.34. The molecule has 6 heteroatoms. The number of nitrogens with one attached hydrogen (secondary N) is 1. The number of alkyl halides is 3. The molecule has 1 N–H and O–H groups in total. The van der Waals surface area contributed by atoms with Gasteiger partial charge >= 0.3 is 6.18 Å². The van der Waals surface area contributed by atoms with Crippen LogP contribution >= 0.6 is 0 Å². The third-order valence-electron chi connectivity index (χ3n) is 2.58. The van der Waals surface area contributed by atoms with Crippen LogP contribution in [0.3, 0.4) is 0 Å². The Morgan fingerprint density at radius 3 is 1.95 bits per heavy atom. The Kier molecular flexibility index (Phi) is 4.92. The van der Waals surface area contributed by atoms with E-state index in [9.17, 15) is 17.7 Å². The van der Waals surface area contributed by atoms with Crippen molar-refractivity contribution in [3.8, 4) is 0 Å². The lowest BCUT2D eigenvalue weighted by Gasteiger charge is -2.26. The van der Waals surface area contributed by atoms with Crippen LogP contribution in [0.1, 0.15) is 44.9 Å². The van der Waals surface area contributed by atoms with E-state index >= 15 is 0 Å². The van der Waals surface area contributed by atoms with E-state index in [1.54, 1.807) is 6.92 Å². The van der Waals surface area contributed by atoms with Gasteiger partial charge in [0.1, 0.15) is 4.75 Å². The van der Waals surface area contributed by atoms with E-state index in [1.165, 1.54) is 12.1 Å². The van der Waals surface area contributed by atoms with Crippen LogP contribution in [0.15, 0.2) is 24.3 Å². The quantitative estimate of drug-likeness (QED) is 0.860. The van der Waals surface area contributed by atoms with Gasteiger partial charge in [0.15, 0.2) is 0 Å². The summed E-state index contributed by atoms with van der Waals surface area (Å²) >= 11 is -1.26. The second-order valence-electron chi connectivity index (χ2n) is 5.34. The maximum absolute atomic E-state index is 12.4. The summed E-state index contributed by atoms with van der Waals surface area (Å²) in [5, 5.41) is 0. The zero-order valence-corrected chi connectivity index (χ0v) is 12.2. The second kappa shape index (κ2) is 5.73. The molecule has 1 rings (SSSR count). The molecular formula is C13H18F3NOS. The van der Waals surface area contributed by atoms with Crippen LogP contribution in [-0.4, -0.2) is 9.30 Å². The molecule has 2 atom stereocenters. The molecule has 0 bridgehead atoms. The monoisotopic (exact) mass is 293 g/mol. The van der Waals surface area contributed by atoms with Crippen molar-refractivity contribution in [3.63, 3.8) is 0 Å². The molecule has 1 aromatic carbocycles. The Labute approximate surface area is 114 Å². The normalized spacial score (nSPS) is 16.2. The fraction of sp³-hybridized carbons (Fsp3) is 0.538. The van der Waals surface area contributed by atoms with Crippen molar-refractivity contribution in [3.05, 3.63) is 35.4 Å². The molecular weight excluding hydrogens is 275 g/mol. The highest BCUT2D eigenvalue weighted by atomic mass is 32.2. The zero-order valence-electron chi connectivity index (χ0n) is 11.3. The van der Waals surface area contributed by atoms with E-state index in [0.29, 0.717) is 5.56 Å². The van der Waals surface area contributed by atoms with Crippen LogP contribution in [-0.2, 0) is 17.5 Å². The first-order valence-electron chi connectivity index (χ1n) is 5.87. The molecule has 2 nitrogen and oxygen atoms in total. The summed E-state index contributed by atoms with van der Waals surface area (Å²) in [6.45, 7) is 7.26. The molecule has 0 aliphatic carbocycles. The first kappa shape index (κ1) is 16.3. The standard InChI is InChI=1S/C13H18F3NOS/c1-9(17-19(18)12(2,3)4)10-5-7-11(8-6-10)13(14,15)16/h5-9,17H,1-4H3/t9-,19?/m0/s1. The van der Waals surface area contributed by atoms with E-state index in [1.807, 2.05) is 20.8 Å². The van der Waals surface area contributed by atoms with Crippen molar-refractivity contribution in [2.24, 2.45) is 0 Å². The minimum Gasteiger partial charge on any atom is -0.598 e. The first-order chi connectivity index (χ1) is 8.51. The summed E-state index contributed by atoms with van der Waals surface area (Å²) in [4.78, 5) is 0. The Balaban J connectivity index is 2.76. The number of benzene rings is 1. The van der Waals surface area contributed by atoms with Gasteiger partial charge in [0.2, 0.25) is 0 Å². The van der Waals surface area contributed by atoms with E-state index in [2.05, 4.69) is 4.72 Å². The lowest BCUT2D eigenvalue weighted by molar-refractivity contribution is -0.137. The molecule has 0 heterocycles. The van der Waals surface area contributed by atoms with E-state index in [0.717, 1.165) is 12.1 Å². The minimum absolute atomic E-state index is 0.276. The maximum Gasteiger partial charge on any atom is 0.416 e. The summed E-state index contributed by atoms with van der Waals surface area (Å²) in [5.74, 6) is 0. The Morgan fingerprint density at radius 2 is 1.58 bits per heavy atom. The van der Waals surface area contributed by atoms with Crippen LogP contribution in [0, 0.1) is 0 Å². The van der Waals surface area contributed by atoms with Gasteiger partial charge in [-0.25, -0.2) is 0 Å². The topological polar surface area (TPSA) is 35.1 Å². The summed E-state index contributed by atoms with van der Waals surface area (Å²) < 4.78 is 51.6. The van der Waals surface area contributed by atoms with Gasteiger partial charge in [-0.1, -0.05) is 12.1 Å². The smallest absolute Gasteiger partial charge is 0.416 e. The molecule has 0 aliphatic rings. The van der Waals surface area contributed by atoms with Gasteiger partial charge in [0.05, 0.1) is 11.6 Å². The maximum atomic E-state index is 12.4. The third kappa shape index (κ3) is 4.71. The molecule has 0 saturated carbocycles. The molecule has 1 aromatic rings. The number of rotatable bonds is 3. The number of hydrogen-bond donors (Lipinski definition) is 1. The molecule has 0 fully saturated rings. The Bertz CT molecular complexity index is 411. The van der Waals surface area contributed by atoms with Crippen LogP contribution in [0.4, 0.5) is 13.2 Å². The zero-order chi connectivity index (χ0) is 14.8. The van der Waals surface area contributed by atoms with Gasteiger partial charge < -0.3 is 4.55 Å². The average Bonchev–Trinajstić information content (AvgIpc) is 2.26. The van der Waals surface area contributed by atoms with Crippen molar-refractivity contribution >= 4 is 11.4 Å². The third-order valence-corrected chi connectivity index (χ3v) is 4.26. The fourth-order valence-corrected chi connectivity index (χ4v) is 2.18. The SMILES string of the molecule is C[C@H](N[S+]([O-])C(C)(C)C)c1ccc(C(F)(F)F)cc1. The predicted octanol–water partition coefficient (Wildman–Crippen LogP) is 3.82. The van der Waals surface area contributed by atoms with Crippen molar-refractivity contribution in [1.29, 1.82) is 0 Å². The molecule has 0 amide bonds. The number of halogens is 3. The van der Waals surface area contributed by atoms with Gasteiger partial charge in [-0.2, -0.15) is 13.2 Å². The highest BCUT2D eigenvalue weighted by Gasteiger charge is 2.31. The summed E-state index contributed by atoms with van der Waals surface area (Å²) in [6, 6.07) is 4.60. The molecule has 108 valence electrons. The molecule has 0 aliphatic heterocycles. The molecule has 0 radical (unpaired) electrons. The largest absolute Gasteiger partial charge is 0.598 e. The highest BCUT2D eigenvalue weighted by molar-refractivity contribution is 7.90. The van der Waals surface area contributed by atoms with Crippen LogP contribution in [0.25, 0.3) is 0 Å². The van der Waals surface area contributed by atoms with Gasteiger partial charge in [-0.3, -0.25) is 0 Å². The van der Waals surface area contributed by atoms with E-state index < -0.39 is 27.8 Å². The summed E-state index contributed by atoms with van der Waals surface area (Å²) in [5.41, 5.74) is -0.00834. The van der Waals surface area contributed by atoms with Crippen molar-refractivity contribution in [2.75, 3.05) is 0 Å². The van der Waals surface area contributed by atoms with Crippen molar-refractivity contribution < 1.29 is 17.7 Å². The van der Waals surface area contributed by atoms with Gasteiger partial charge in [-0.15, -0.1) is 4.72 Å². The molecule has 0 aromatic heterocycles. The van der Waals surface area contributed by atoms with Gasteiger partial charge in [0.25, 0.3) is 0 Å². The van der Waals surface area contributed by atoms with E-state index in [-0.39, 0.29) is 6.04 Å². The lowest BCUT2D eigenvalue weighted by atomic mass is 10.1.